The molecule has 0 aromatic heterocycles. The van der Waals surface area contributed by atoms with Crippen LogP contribution < -0.4 is 0 Å². The molecule has 1 aliphatic carbocycles. The second-order valence-corrected chi connectivity index (χ2v) is 6.13. The number of carbonyl (C=O) groups is 1. The SMILES string of the molecule is CC(C)CCC(C)C1CC(C(=O)O)CCC1(F)F. The van der Waals surface area contributed by atoms with E-state index in [0.29, 0.717) is 5.92 Å². The molecular formula is C14H24F2O2. The molecule has 0 amide bonds. The van der Waals surface area contributed by atoms with Crippen molar-refractivity contribution in [3.8, 4) is 0 Å². The number of alkyl halides is 2. The van der Waals surface area contributed by atoms with E-state index in [9.17, 15) is 13.6 Å². The minimum absolute atomic E-state index is 0.107. The van der Waals surface area contributed by atoms with Crippen LogP contribution in [-0.2, 0) is 4.79 Å². The smallest absolute Gasteiger partial charge is 0.306 e. The van der Waals surface area contributed by atoms with E-state index in [1.54, 1.807) is 0 Å². The highest BCUT2D eigenvalue weighted by molar-refractivity contribution is 5.70. The predicted octanol–water partition coefficient (Wildman–Crippen LogP) is 4.19. The monoisotopic (exact) mass is 262 g/mol. The molecule has 0 aliphatic heterocycles. The molecule has 4 heteroatoms. The van der Waals surface area contributed by atoms with Crippen molar-refractivity contribution in [1.82, 2.24) is 0 Å². The molecule has 0 spiro atoms. The van der Waals surface area contributed by atoms with E-state index in [1.165, 1.54) is 0 Å². The quantitative estimate of drug-likeness (QED) is 0.806. The Labute approximate surface area is 108 Å². The van der Waals surface area contributed by atoms with Gasteiger partial charge < -0.3 is 5.11 Å². The maximum Gasteiger partial charge on any atom is 0.306 e. The molecular weight excluding hydrogens is 238 g/mol. The zero-order valence-electron chi connectivity index (χ0n) is 11.5. The van der Waals surface area contributed by atoms with Gasteiger partial charge in [-0.05, 0) is 31.1 Å². The molecule has 1 saturated carbocycles. The van der Waals surface area contributed by atoms with Crippen LogP contribution in [-0.4, -0.2) is 17.0 Å². The maximum atomic E-state index is 13.9. The Morgan fingerprint density at radius 2 is 1.94 bits per heavy atom. The molecule has 0 aromatic carbocycles. The third-order valence-corrected chi connectivity index (χ3v) is 4.14. The Balaban J connectivity index is 2.65. The average molecular weight is 262 g/mol. The molecule has 1 rings (SSSR count). The van der Waals surface area contributed by atoms with Gasteiger partial charge in [0.05, 0.1) is 5.92 Å². The van der Waals surface area contributed by atoms with Gasteiger partial charge in [0.2, 0.25) is 0 Å². The summed E-state index contributed by atoms with van der Waals surface area (Å²) in [6.07, 6.45) is 1.63. The molecule has 3 atom stereocenters. The topological polar surface area (TPSA) is 37.3 Å². The van der Waals surface area contributed by atoms with Crippen LogP contribution in [0.3, 0.4) is 0 Å². The summed E-state index contributed by atoms with van der Waals surface area (Å²) in [5.41, 5.74) is 0. The second kappa shape index (κ2) is 5.98. The summed E-state index contributed by atoms with van der Waals surface area (Å²) in [4.78, 5) is 11.0. The third kappa shape index (κ3) is 3.92. The lowest BCUT2D eigenvalue weighted by atomic mass is 9.71. The number of hydrogen-bond donors (Lipinski definition) is 1. The number of halogens is 2. The molecule has 0 saturated heterocycles. The molecule has 1 fully saturated rings. The molecule has 1 aliphatic rings. The van der Waals surface area contributed by atoms with E-state index in [-0.39, 0.29) is 25.2 Å². The Morgan fingerprint density at radius 3 is 2.44 bits per heavy atom. The van der Waals surface area contributed by atoms with E-state index >= 15 is 0 Å². The lowest BCUT2D eigenvalue weighted by molar-refractivity contribution is -0.154. The normalized spacial score (nSPS) is 29.2. The van der Waals surface area contributed by atoms with Crippen molar-refractivity contribution in [2.75, 3.05) is 0 Å². The fraction of sp³-hybridized carbons (Fsp3) is 0.929. The number of carboxylic acids is 1. The highest BCUT2D eigenvalue weighted by Gasteiger charge is 2.48. The van der Waals surface area contributed by atoms with Crippen molar-refractivity contribution in [2.45, 2.75) is 58.8 Å². The largest absolute Gasteiger partial charge is 0.481 e. The predicted molar refractivity (Wildman–Crippen MR) is 66.6 cm³/mol. The summed E-state index contributed by atoms with van der Waals surface area (Å²) in [6.45, 7) is 5.99. The van der Waals surface area contributed by atoms with Crippen LogP contribution in [0.1, 0.15) is 52.9 Å². The van der Waals surface area contributed by atoms with Gasteiger partial charge in [-0.2, -0.15) is 0 Å². The van der Waals surface area contributed by atoms with E-state index in [1.807, 2.05) is 6.92 Å². The number of hydrogen-bond acceptors (Lipinski definition) is 1. The van der Waals surface area contributed by atoms with Crippen LogP contribution in [0.15, 0.2) is 0 Å². The molecule has 106 valence electrons. The standard InChI is InChI=1S/C14H24F2O2/c1-9(2)4-5-10(3)12-8-11(13(17)18)6-7-14(12,15)16/h9-12H,4-8H2,1-3H3,(H,17,18). The first-order valence-corrected chi connectivity index (χ1v) is 6.84. The van der Waals surface area contributed by atoms with Gasteiger partial charge in [0, 0.05) is 12.3 Å². The Hall–Kier alpha value is -0.670. The van der Waals surface area contributed by atoms with E-state index in [0.717, 1.165) is 12.8 Å². The Bertz CT molecular complexity index is 290. The van der Waals surface area contributed by atoms with Crippen molar-refractivity contribution in [3.05, 3.63) is 0 Å². The van der Waals surface area contributed by atoms with Gasteiger partial charge in [0.25, 0.3) is 5.92 Å². The van der Waals surface area contributed by atoms with Gasteiger partial charge in [-0.25, -0.2) is 8.78 Å². The first-order chi connectivity index (χ1) is 8.24. The second-order valence-electron chi connectivity index (χ2n) is 6.13. The number of carboxylic acid groups (broad SMARTS) is 1. The number of rotatable bonds is 5. The fourth-order valence-electron chi connectivity index (χ4n) is 2.82. The molecule has 0 aromatic rings. The summed E-state index contributed by atoms with van der Waals surface area (Å²) >= 11 is 0. The van der Waals surface area contributed by atoms with Crippen LogP contribution in [0.25, 0.3) is 0 Å². The summed E-state index contributed by atoms with van der Waals surface area (Å²) in [6, 6.07) is 0. The fourth-order valence-corrected chi connectivity index (χ4v) is 2.82. The lowest BCUT2D eigenvalue weighted by Crippen LogP contribution is -2.41. The van der Waals surface area contributed by atoms with Gasteiger partial charge in [-0.15, -0.1) is 0 Å². The third-order valence-electron chi connectivity index (χ3n) is 4.14. The summed E-state index contributed by atoms with van der Waals surface area (Å²) in [7, 11) is 0. The highest BCUT2D eigenvalue weighted by Crippen LogP contribution is 2.46. The minimum atomic E-state index is -2.69. The number of aliphatic carboxylic acids is 1. The minimum Gasteiger partial charge on any atom is -0.481 e. The Kier molecular flexibility index (Phi) is 5.11. The summed E-state index contributed by atoms with van der Waals surface area (Å²) in [5.74, 6) is -4.58. The van der Waals surface area contributed by atoms with Crippen molar-refractivity contribution in [3.63, 3.8) is 0 Å². The van der Waals surface area contributed by atoms with Crippen molar-refractivity contribution < 1.29 is 18.7 Å². The van der Waals surface area contributed by atoms with Crippen molar-refractivity contribution in [1.29, 1.82) is 0 Å². The molecule has 2 nitrogen and oxygen atoms in total. The zero-order chi connectivity index (χ0) is 13.9. The van der Waals surface area contributed by atoms with E-state index < -0.39 is 23.7 Å². The van der Waals surface area contributed by atoms with Gasteiger partial charge in [-0.3, -0.25) is 4.79 Å². The molecule has 0 bridgehead atoms. The van der Waals surface area contributed by atoms with Crippen molar-refractivity contribution in [2.24, 2.45) is 23.7 Å². The summed E-state index contributed by atoms with van der Waals surface area (Å²) in [5, 5.41) is 8.98. The average Bonchev–Trinajstić information content (AvgIpc) is 2.25. The molecule has 1 N–H and O–H groups in total. The first-order valence-electron chi connectivity index (χ1n) is 6.84. The summed E-state index contributed by atoms with van der Waals surface area (Å²) < 4.78 is 27.8. The lowest BCUT2D eigenvalue weighted by Gasteiger charge is -2.38. The van der Waals surface area contributed by atoms with Gasteiger partial charge in [0.1, 0.15) is 0 Å². The van der Waals surface area contributed by atoms with Crippen LogP contribution in [0.2, 0.25) is 0 Å². The highest BCUT2D eigenvalue weighted by atomic mass is 19.3. The molecule has 18 heavy (non-hydrogen) atoms. The molecule has 0 heterocycles. The van der Waals surface area contributed by atoms with Crippen LogP contribution >= 0.6 is 0 Å². The van der Waals surface area contributed by atoms with Crippen LogP contribution in [0, 0.1) is 23.7 Å². The Morgan fingerprint density at radius 1 is 1.33 bits per heavy atom. The van der Waals surface area contributed by atoms with Gasteiger partial charge in [-0.1, -0.05) is 27.2 Å². The maximum absolute atomic E-state index is 13.9. The van der Waals surface area contributed by atoms with Gasteiger partial charge >= 0.3 is 5.97 Å². The molecule has 3 unspecified atom stereocenters. The zero-order valence-corrected chi connectivity index (χ0v) is 11.5. The van der Waals surface area contributed by atoms with Crippen LogP contribution in [0.4, 0.5) is 8.78 Å². The van der Waals surface area contributed by atoms with E-state index in [4.69, 9.17) is 5.11 Å². The first kappa shape index (κ1) is 15.4. The van der Waals surface area contributed by atoms with Crippen molar-refractivity contribution >= 4 is 5.97 Å². The van der Waals surface area contributed by atoms with Crippen LogP contribution in [0.5, 0.6) is 0 Å². The van der Waals surface area contributed by atoms with Gasteiger partial charge in [0.15, 0.2) is 0 Å². The van der Waals surface area contributed by atoms with E-state index in [2.05, 4.69) is 13.8 Å². The molecule has 0 radical (unpaired) electrons.